The van der Waals surface area contributed by atoms with Crippen molar-refractivity contribution in [1.82, 2.24) is 5.32 Å². The van der Waals surface area contributed by atoms with Crippen LogP contribution in [0.2, 0.25) is 0 Å². The van der Waals surface area contributed by atoms with E-state index < -0.39 is 58.1 Å². The lowest BCUT2D eigenvalue weighted by molar-refractivity contribution is -0.296. The molecular formula is C18H12BrF10NO. The van der Waals surface area contributed by atoms with Crippen molar-refractivity contribution in [2.24, 2.45) is 0 Å². The first-order valence-corrected chi connectivity index (χ1v) is 8.97. The molecule has 0 saturated carbocycles. The average molecular weight is 528 g/mol. The Bertz CT molecular complexity index is 925. The first kappa shape index (κ1) is 25.4. The van der Waals surface area contributed by atoms with Crippen molar-refractivity contribution in [2.45, 2.75) is 37.0 Å². The summed E-state index contributed by atoms with van der Waals surface area (Å²) in [7, 11) is 0. The fourth-order valence-electron chi connectivity index (χ4n) is 2.59. The minimum atomic E-state index is -5.74. The minimum Gasteiger partial charge on any atom is -0.365 e. The molecule has 0 saturated heterocycles. The van der Waals surface area contributed by atoms with Gasteiger partial charge in [-0.15, -0.1) is 0 Å². The lowest BCUT2D eigenvalue weighted by Gasteiger charge is -2.34. The van der Waals surface area contributed by atoms with Gasteiger partial charge in [0.15, 0.2) is 6.17 Å². The molecule has 2 nitrogen and oxygen atoms in total. The Labute approximate surface area is 177 Å². The Hall–Kier alpha value is -1.86. The van der Waals surface area contributed by atoms with E-state index in [0.29, 0.717) is 24.3 Å². The number of benzene rings is 2. The zero-order valence-corrected chi connectivity index (χ0v) is 16.5. The van der Waals surface area contributed by atoms with Gasteiger partial charge in [0.25, 0.3) is 0 Å². The van der Waals surface area contributed by atoms with Crippen LogP contribution in [0.3, 0.4) is 0 Å². The minimum absolute atomic E-state index is 0.0947. The quantitative estimate of drug-likeness (QED) is 0.342. The highest BCUT2D eigenvalue weighted by Crippen LogP contribution is 2.43. The molecule has 2 aromatic rings. The predicted molar refractivity (Wildman–Crippen MR) is 92.3 cm³/mol. The Morgan fingerprint density at radius 1 is 0.871 bits per heavy atom. The highest BCUT2D eigenvalue weighted by molar-refractivity contribution is 9.10. The standard InChI is InChI=1S/C18H12BrF10NO/c19-13-5-4-10(7-12(13)17(24,25)26)14(20)15(31,18(27,28)29)30-8-9-2-1-3-11(6-9)16(21,22)23/h1-7,14,30-31H,8H2. The summed E-state index contributed by atoms with van der Waals surface area (Å²) in [6, 6.07) is 4.38. The third kappa shape index (κ3) is 5.69. The van der Waals surface area contributed by atoms with E-state index in [-0.39, 0.29) is 11.6 Å². The van der Waals surface area contributed by atoms with Crippen molar-refractivity contribution in [3.8, 4) is 0 Å². The second-order valence-electron chi connectivity index (χ2n) is 6.42. The van der Waals surface area contributed by atoms with Crippen LogP contribution in [0.15, 0.2) is 46.9 Å². The monoisotopic (exact) mass is 527 g/mol. The van der Waals surface area contributed by atoms with Crippen LogP contribution in [-0.4, -0.2) is 17.0 Å². The molecule has 13 heteroatoms. The van der Waals surface area contributed by atoms with Crippen molar-refractivity contribution in [1.29, 1.82) is 0 Å². The summed E-state index contributed by atoms with van der Waals surface area (Å²) in [5.41, 5.74) is -8.59. The van der Waals surface area contributed by atoms with E-state index in [2.05, 4.69) is 15.9 Å². The maximum Gasteiger partial charge on any atom is 0.434 e. The average Bonchev–Trinajstić information content (AvgIpc) is 2.63. The highest BCUT2D eigenvalue weighted by Gasteiger charge is 2.60. The molecule has 2 atom stereocenters. The summed E-state index contributed by atoms with van der Waals surface area (Å²) in [5.74, 6) is 0. The third-order valence-corrected chi connectivity index (χ3v) is 4.90. The normalized spacial score (nSPS) is 16.1. The fourth-order valence-corrected chi connectivity index (χ4v) is 3.06. The molecule has 0 amide bonds. The molecule has 0 fully saturated rings. The van der Waals surface area contributed by atoms with Gasteiger partial charge in [-0.1, -0.05) is 40.2 Å². The molecule has 2 N–H and O–H groups in total. The number of aliphatic hydroxyl groups is 1. The van der Waals surface area contributed by atoms with Gasteiger partial charge in [0.1, 0.15) is 0 Å². The molecule has 0 radical (unpaired) electrons. The maximum absolute atomic E-state index is 14.8. The topological polar surface area (TPSA) is 32.3 Å². The number of hydrogen-bond donors (Lipinski definition) is 2. The SMILES string of the molecule is OC(NCc1cccc(C(F)(F)F)c1)(C(F)c1ccc(Br)c(C(F)(F)F)c1)C(F)(F)F. The largest absolute Gasteiger partial charge is 0.434 e. The molecule has 0 aliphatic carbocycles. The van der Waals surface area contributed by atoms with Crippen LogP contribution in [0.25, 0.3) is 0 Å². The summed E-state index contributed by atoms with van der Waals surface area (Å²) in [4.78, 5) is 0. The number of alkyl halides is 10. The molecule has 0 aliphatic rings. The van der Waals surface area contributed by atoms with Gasteiger partial charge in [-0.2, -0.15) is 39.5 Å². The number of nitrogens with one attached hydrogen (secondary N) is 1. The van der Waals surface area contributed by atoms with Gasteiger partial charge in [-0.05, 0) is 29.3 Å². The first-order chi connectivity index (χ1) is 14.0. The predicted octanol–water partition coefficient (Wildman–Crippen LogP) is 6.54. The van der Waals surface area contributed by atoms with Crippen molar-refractivity contribution in [2.75, 3.05) is 0 Å². The van der Waals surface area contributed by atoms with Gasteiger partial charge < -0.3 is 5.11 Å². The first-order valence-electron chi connectivity index (χ1n) is 8.18. The number of halogens is 11. The van der Waals surface area contributed by atoms with E-state index in [0.717, 1.165) is 12.1 Å². The molecule has 2 unspecified atom stereocenters. The highest BCUT2D eigenvalue weighted by atomic mass is 79.9. The van der Waals surface area contributed by atoms with Crippen molar-refractivity contribution < 1.29 is 49.0 Å². The molecule has 0 aliphatic heterocycles. The second kappa shape index (κ2) is 8.58. The van der Waals surface area contributed by atoms with Crippen molar-refractivity contribution >= 4 is 15.9 Å². The third-order valence-electron chi connectivity index (χ3n) is 4.20. The lowest BCUT2D eigenvalue weighted by Crippen LogP contribution is -2.59. The summed E-state index contributed by atoms with van der Waals surface area (Å²) in [5, 5.41) is 11.4. The molecule has 0 aromatic heterocycles. The molecular weight excluding hydrogens is 516 g/mol. The van der Waals surface area contributed by atoms with E-state index in [1.165, 1.54) is 5.32 Å². The number of hydrogen-bond acceptors (Lipinski definition) is 2. The Balaban J connectivity index is 2.39. The molecule has 31 heavy (non-hydrogen) atoms. The Kier molecular flexibility index (Phi) is 7.03. The Morgan fingerprint density at radius 2 is 1.48 bits per heavy atom. The van der Waals surface area contributed by atoms with Crippen LogP contribution in [-0.2, 0) is 18.9 Å². The smallest absolute Gasteiger partial charge is 0.365 e. The molecule has 2 rings (SSSR count). The van der Waals surface area contributed by atoms with Gasteiger partial charge in [-0.25, -0.2) is 4.39 Å². The van der Waals surface area contributed by atoms with Gasteiger partial charge >= 0.3 is 18.5 Å². The van der Waals surface area contributed by atoms with Gasteiger partial charge in [0, 0.05) is 11.0 Å². The van der Waals surface area contributed by atoms with Crippen LogP contribution in [0.1, 0.15) is 28.4 Å². The molecule has 0 bridgehead atoms. The summed E-state index contributed by atoms with van der Waals surface area (Å²) in [6.45, 7) is -1.07. The summed E-state index contributed by atoms with van der Waals surface area (Å²) < 4.78 is 132. The van der Waals surface area contributed by atoms with E-state index in [4.69, 9.17) is 0 Å². The van der Waals surface area contributed by atoms with Crippen LogP contribution < -0.4 is 5.32 Å². The van der Waals surface area contributed by atoms with E-state index in [9.17, 15) is 49.0 Å². The number of rotatable bonds is 5. The van der Waals surface area contributed by atoms with Crippen molar-refractivity contribution in [3.63, 3.8) is 0 Å². The van der Waals surface area contributed by atoms with E-state index in [1.807, 2.05) is 0 Å². The van der Waals surface area contributed by atoms with Gasteiger partial charge in [0.05, 0.1) is 11.1 Å². The van der Waals surface area contributed by atoms with Crippen LogP contribution in [0.4, 0.5) is 43.9 Å². The van der Waals surface area contributed by atoms with Crippen molar-refractivity contribution in [3.05, 3.63) is 69.2 Å². The molecule has 0 heterocycles. The maximum atomic E-state index is 14.8. The summed E-state index contributed by atoms with van der Waals surface area (Å²) >= 11 is 2.55. The second-order valence-corrected chi connectivity index (χ2v) is 7.27. The molecule has 0 spiro atoms. The lowest BCUT2D eigenvalue weighted by atomic mass is 9.97. The zero-order chi connectivity index (χ0) is 23.8. The Morgan fingerprint density at radius 3 is 2.00 bits per heavy atom. The van der Waals surface area contributed by atoms with Gasteiger partial charge in [-0.3, -0.25) is 5.32 Å². The van der Waals surface area contributed by atoms with Gasteiger partial charge in [0.2, 0.25) is 5.72 Å². The van der Waals surface area contributed by atoms with Crippen LogP contribution in [0.5, 0.6) is 0 Å². The fraction of sp³-hybridized carbons (Fsp3) is 0.333. The van der Waals surface area contributed by atoms with Crippen LogP contribution >= 0.6 is 15.9 Å². The van der Waals surface area contributed by atoms with E-state index >= 15 is 0 Å². The molecule has 172 valence electrons. The zero-order valence-electron chi connectivity index (χ0n) is 14.9. The van der Waals surface area contributed by atoms with Crippen LogP contribution in [0, 0.1) is 0 Å². The molecule has 2 aromatic carbocycles. The summed E-state index contributed by atoms with van der Waals surface area (Å²) in [6.07, 6.45) is -19.0. The van der Waals surface area contributed by atoms with E-state index in [1.54, 1.807) is 0 Å².